The lowest BCUT2D eigenvalue weighted by Crippen LogP contribution is -2.36. The lowest BCUT2D eigenvalue weighted by Gasteiger charge is -2.18. The van der Waals surface area contributed by atoms with Crippen molar-refractivity contribution in [2.45, 2.75) is 13.3 Å². The predicted molar refractivity (Wildman–Crippen MR) is 88.6 cm³/mol. The van der Waals surface area contributed by atoms with Gasteiger partial charge in [0.15, 0.2) is 0 Å². The summed E-state index contributed by atoms with van der Waals surface area (Å²) in [5.41, 5.74) is 0.580. The first kappa shape index (κ1) is 15.7. The van der Waals surface area contributed by atoms with E-state index in [0.29, 0.717) is 17.9 Å². The summed E-state index contributed by atoms with van der Waals surface area (Å²) < 4.78 is 0. The Bertz CT molecular complexity index is 776. The van der Waals surface area contributed by atoms with E-state index in [1.54, 1.807) is 6.92 Å². The Balaban J connectivity index is 1.39. The number of anilines is 1. The van der Waals surface area contributed by atoms with Gasteiger partial charge in [-0.15, -0.1) is 0 Å². The van der Waals surface area contributed by atoms with Crippen LogP contribution < -0.4 is 5.32 Å². The van der Waals surface area contributed by atoms with Gasteiger partial charge < -0.3 is 5.32 Å². The van der Waals surface area contributed by atoms with Gasteiger partial charge in [0, 0.05) is 19.2 Å². The van der Waals surface area contributed by atoms with Crippen molar-refractivity contribution in [2.75, 3.05) is 18.4 Å². The molecule has 2 bridgehead atoms. The molecule has 25 heavy (non-hydrogen) atoms. The SMILES string of the molecule is Cc1cc([N+](=O)[O-])cnc1NCCN1C(=O)[C@@H]2[C@H](C1=O)[C@H]1C=C[C@H]2C1. The van der Waals surface area contributed by atoms with E-state index < -0.39 is 4.92 Å². The fourth-order valence-corrected chi connectivity index (χ4v) is 4.32. The van der Waals surface area contributed by atoms with Crippen molar-refractivity contribution in [3.8, 4) is 0 Å². The van der Waals surface area contributed by atoms with Gasteiger partial charge in [-0.25, -0.2) is 4.98 Å². The Morgan fingerprint density at radius 2 is 1.92 bits per heavy atom. The van der Waals surface area contributed by atoms with Crippen LogP contribution in [0.4, 0.5) is 11.5 Å². The van der Waals surface area contributed by atoms with Crippen LogP contribution in [0.5, 0.6) is 0 Å². The second kappa shape index (κ2) is 5.65. The van der Waals surface area contributed by atoms with Crippen LogP contribution in [-0.4, -0.2) is 39.7 Å². The largest absolute Gasteiger partial charge is 0.368 e. The van der Waals surface area contributed by atoms with Gasteiger partial charge >= 0.3 is 0 Å². The number of aryl methyl sites for hydroxylation is 1. The van der Waals surface area contributed by atoms with Crippen molar-refractivity contribution in [3.63, 3.8) is 0 Å². The molecular formula is C17H18N4O4. The molecule has 1 saturated heterocycles. The lowest BCUT2D eigenvalue weighted by molar-refractivity contribution is -0.385. The molecule has 0 aromatic carbocycles. The number of nitrogens with zero attached hydrogens (tertiary/aromatic N) is 3. The Kier molecular flexibility index (Phi) is 3.55. The first-order chi connectivity index (χ1) is 12.0. The van der Waals surface area contributed by atoms with Crippen LogP contribution in [0.3, 0.4) is 0 Å². The second-order valence-corrected chi connectivity index (χ2v) is 6.87. The summed E-state index contributed by atoms with van der Waals surface area (Å²) in [7, 11) is 0. The molecular weight excluding hydrogens is 324 g/mol. The molecule has 2 amide bonds. The number of nitrogens with one attached hydrogen (secondary N) is 1. The van der Waals surface area contributed by atoms with Gasteiger partial charge in [0.2, 0.25) is 11.8 Å². The van der Waals surface area contributed by atoms with E-state index in [0.717, 1.165) is 6.42 Å². The molecule has 4 atom stereocenters. The molecule has 1 saturated carbocycles. The molecule has 1 aromatic heterocycles. The Morgan fingerprint density at radius 3 is 2.48 bits per heavy atom. The van der Waals surface area contributed by atoms with Gasteiger partial charge in [-0.1, -0.05) is 12.2 Å². The average Bonchev–Trinajstić information content (AvgIpc) is 3.25. The van der Waals surface area contributed by atoms with Crippen molar-refractivity contribution >= 4 is 23.3 Å². The van der Waals surface area contributed by atoms with Gasteiger partial charge in [0.1, 0.15) is 12.0 Å². The normalized spacial score (nSPS) is 29.4. The van der Waals surface area contributed by atoms with Gasteiger partial charge in [0.25, 0.3) is 5.69 Å². The Labute approximate surface area is 144 Å². The molecule has 4 rings (SSSR count). The minimum absolute atomic E-state index is 0.0660. The summed E-state index contributed by atoms with van der Waals surface area (Å²) in [6.45, 7) is 2.37. The van der Waals surface area contributed by atoms with Crippen LogP contribution in [0, 0.1) is 40.7 Å². The van der Waals surface area contributed by atoms with Crippen molar-refractivity contribution in [1.82, 2.24) is 9.88 Å². The van der Waals surface area contributed by atoms with Crippen LogP contribution in [-0.2, 0) is 9.59 Å². The maximum absolute atomic E-state index is 12.6. The molecule has 2 fully saturated rings. The van der Waals surface area contributed by atoms with Crippen molar-refractivity contribution in [2.24, 2.45) is 23.7 Å². The third kappa shape index (κ3) is 2.40. The zero-order chi connectivity index (χ0) is 17.7. The number of carbonyl (C=O) groups is 2. The summed E-state index contributed by atoms with van der Waals surface area (Å²) in [6.07, 6.45) is 6.26. The topological polar surface area (TPSA) is 105 Å². The van der Waals surface area contributed by atoms with Gasteiger partial charge in [0.05, 0.1) is 16.8 Å². The van der Waals surface area contributed by atoms with Crippen LogP contribution in [0.2, 0.25) is 0 Å². The highest BCUT2D eigenvalue weighted by molar-refractivity contribution is 6.06. The minimum atomic E-state index is -0.494. The van der Waals surface area contributed by atoms with Crippen LogP contribution in [0.1, 0.15) is 12.0 Å². The third-order valence-corrected chi connectivity index (χ3v) is 5.46. The van der Waals surface area contributed by atoms with Crippen molar-refractivity contribution in [3.05, 3.63) is 40.1 Å². The van der Waals surface area contributed by atoms with Gasteiger partial charge in [-0.3, -0.25) is 24.6 Å². The van der Waals surface area contributed by atoms with E-state index in [4.69, 9.17) is 0 Å². The number of rotatable bonds is 5. The second-order valence-electron chi connectivity index (χ2n) is 6.87. The summed E-state index contributed by atoms with van der Waals surface area (Å²) in [4.78, 5) is 40.8. The molecule has 130 valence electrons. The number of likely N-dealkylation sites (tertiary alicyclic amines) is 1. The first-order valence-corrected chi connectivity index (χ1v) is 8.36. The van der Waals surface area contributed by atoms with E-state index in [1.807, 2.05) is 0 Å². The zero-order valence-corrected chi connectivity index (χ0v) is 13.7. The van der Waals surface area contributed by atoms with E-state index in [1.165, 1.54) is 17.2 Å². The number of hydrogen-bond donors (Lipinski definition) is 1. The monoisotopic (exact) mass is 342 g/mol. The van der Waals surface area contributed by atoms with E-state index in [-0.39, 0.29) is 47.7 Å². The molecule has 0 unspecified atom stereocenters. The average molecular weight is 342 g/mol. The molecule has 3 aliphatic rings. The Morgan fingerprint density at radius 1 is 1.28 bits per heavy atom. The van der Waals surface area contributed by atoms with Crippen LogP contribution in [0.15, 0.2) is 24.4 Å². The molecule has 8 nitrogen and oxygen atoms in total. The quantitative estimate of drug-likeness (QED) is 0.376. The molecule has 1 aromatic rings. The standard InChI is InChI=1S/C17H18N4O4/c1-9-6-12(21(24)25)8-19-15(9)18-4-5-20-16(22)13-10-2-3-11(7-10)14(13)17(20)23/h2-3,6,8,10-11,13-14H,4-5,7H2,1H3,(H,18,19)/t10-,11-,13-,14+/m0/s1. The fourth-order valence-electron chi connectivity index (χ4n) is 4.32. The summed E-state index contributed by atoms with van der Waals surface area (Å²) in [5.74, 6) is 0.449. The molecule has 1 aliphatic heterocycles. The molecule has 2 heterocycles. The van der Waals surface area contributed by atoms with E-state index in [9.17, 15) is 19.7 Å². The number of nitro groups is 1. The minimum Gasteiger partial charge on any atom is -0.368 e. The highest BCUT2D eigenvalue weighted by Gasteiger charge is 2.58. The zero-order valence-electron chi connectivity index (χ0n) is 13.7. The third-order valence-electron chi connectivity index (χ3n) is 5.46. The number of imide groups is 1. The van der Waals surface area contributed by atoms with Gasteiger partial charge in [-0.2, -0.15) is 0 Å². The van der Waals surface area contributed by atoms with Gasteiger partial charge in [-0.05, 0) is 30.7 Å². The number of amides is 2. The molecule has 2 aliphatic carbocycles. The fraction of sp³-hybridized carbons (Fsp3) is 0.471. The summed E-state index contributed by atoms with van der Waals surface area (Å²) in [5, 5.41) is 13.8. The first-order valence-electron chi connectivity index (χ1n) is 8.36. The number of fused-ring (bicyclic) bond motifs is 5. The van der Waals surface area contributed by atoms with Crippen LogP contribution in [0.25, 0.3) is 0 Å². The molecule has 0 radical (unpaired) electrons. The van der Waals surface area contributed by atoms with E-state index in [2.05, 4.69) is 22.5 Å². The highest BCUT2D eigenvalue weighted by Crippen LogP contribution is 2.52. The maximum Gasteiger partial charge on any atom is 0.287 e. The number of allylic oxidation sites excluding steroid dienone is 2. The Hall–Kier alpha value is -2.77. The number of aromatic nitrogens is 1. The lowest BCUT2D eigenvalue weighted by atomic mass is 9.85. The molecule has 8 heteroatoms. The van der Waals surface area contributed by atoms with E-state index >= 15 is 0 Å². The van der Waals surface area contributed by atoms with Crippen molar-refractivity contribution < 1.29 is 14.5 Å². The smallest absolute Gasteiger partial charge is 0.287 e. The maximum atomic E-state index is 12.6. The molecule has 1 N–H and O–H groups in total. The number of pyridine rings is 1. The van der Waals surface area contributed by atoms with Crippen molar-refractivity contribution in [1.29, 1.82) is 0 Å². The number of hydrogen-bond acceptors (Lipinski definition) is 6. The molecule has 0 spiro atoms. The highest BCUT2D eigenvalue weighted by atomic mass is 16.6. The summed E-state index contributed by atoms with van der Waals surface area (Å²) in [6, 6.07) is 1.44. The summed E-state index contributed by atoms with van der Waals surface area (Å²) >= 11 is 0. The van der Waals surface area contributed by atoms with Crippen LogP contribution >= 0.6 is 0 Å². The predicted octanol–water partition coefficient (Wildman–Crippen LogP) is 1.52. The number of carbonyl (C=O) groups excluding carboxylic acids is 2.